The normalized spacial score (nSPS) is 18.4. The summed E-state index contributed by atoms with van der Waals surface area (Å²) >= 11 is 6.25. The van der Waals surface area contributed by atoms with Crippen LogP contribution < -0.4 is 4.90 Å². The smallest absolute Gasteiger partial charge is 0.310 e. The van der Waals surface area contributed by atoms with Crippen LogP contribution in [0.1, 0.15) is 11.1 Å². The summed E-state index contributed by atoms with van der Waals surface area (Å²) in [6.07, 6.45) is 18.0. The number of benzene rings is 2. The molecule has 1 heterocycles. The maximum Gasteiger partial charge on any atom is 2.00 e. The van der Waals surface area contributed by atoms with Crippen LogP contribution in [-0.4, -0.2) is 24.7 Å². The number of hydrogen-bond acceptors (Lipinski definition) is 2. The van der Waals surface area contributed by atoms with Gasteiger partial charge in [0, 0.05) is 28.6 Å². The van der Waals surface area contributed by atoms with Gasteiger partial charge in [-0.05, 0) is 76.0 Å². The Labute approximate surface area is 201 Å². The van der Waals surface area contributed by atoms with E-state index in [1.54, 1.807) is 4.90 Å². The molecule has 2 aliphatic carbocycles. The van der Waals surface area contributed by atoms with Crippen LogP contribution in [0.15, 0.2) is 53.5 Å². The van der Waals surface area contributed by atoms with Crippen LogP contribution >= 0.6 is 11.6 Å². The molecule has 5 rings (SSSR count). The molecule has 5 heteroatoms. The molecule has 1 amide bonds. The van der Waals surface area contributed by atoms with E-state index in [1.165, 1.54) is 0 Å². The van der Waals surface area contributed by atoms with E-state index in [4.69, 9.17) is 11.6 Å². The average molecular weight is 469 g/mol. The average Bonchev–Trinajstić information content (AvgIpc) is 3.48. The molecule has 0 aromatic heterocycles. The molecule has 10 radical (unpaired) electrons. The van der Waals surface area contributed by atoms with Gasteiger partial charge in [-0.1, -0.05) is 41.9 Å². The maximum absolute atomic E-state index is 12.8. The number of anilines is 1. The fraction of sp³-hybridized carbons (Fsp3) is 0.0769. The minimum absolute atomic E-state index is 0. The van der Waals surface area contributed by atoms with Gasteiger partial charge in [0.05, 0.1) is 11.4 Å². The SMILES string of the molecule is O=C1CN=C(c2ccccc2)c2cc(Cl)ccc2N1C[C]1[CH][CH][CH][CH]1.[CH]1[CH][CH][CH][CH]1.[Fe+2]. The number of amides is 1. The molecule has 2 aromatic carbocycles. The summed E-state index contributed by atoms with van der Waals surface area (Å²) in [5.74, 6) is 1.08. The molecule has 3 nitrogen and oxygen atoms in total. The summed E-state index contributed by atoms with van der Waals surface area (Å²) in [6, 6.07) is 15.5. The van der Waals surface area contributed by atoms with Gasteiger partial charge < -0.3 is 4.90 Å². The Kier molecular flexibility index (Phi) is 9.19. The Balaban J connectivity index is 0.000000401. The van der Waals surface area contributed by atoms with Gasteiger partial charge in [0.15, 0.2) is 0 Å². The number of rotatable bonds is 3. The Hall–Kier alpha value is -1.61. The number of benzodiazepines with no additional fused rings is 1. The largest absolute Gasteiger partial charge is 2.00 e. The van der Waals surface area contributed by atoms with Crippen molar-refractivity contribution in [2.75, 3.05) is 18.0 Å². The summed E-state index contributed by atoms with van der Waals surface area (Å²) in [5, 5.41) is 0.630. The van der Waals surface area contributed by atoms with E-state index >= 15 is 0 Å². The molecule has 2 aromatic rings. The molecule has 2 fully saturated rings. The summed E-state index contributed by atoms with van der Waals surface area (Å²) < 4.78 is 0. The van der Waals surface area contributed by atoms with Gasteiger partial charge in [-0.2, -0.15) is 0 Å². The van der Waals surface area contributed by atoms with Crippen molar-refractivity contribution in [2.45, 2.75) is 0 Å². The summed E-state index contributed by atoms with van der Waals surface area (Å²) in [4.78, 5) is 19.1. The van der Waals surface area contributed by atoms with Crippen LogP contribution in [0.2, 0.25) is 5.02 Å². The van der Waals surface area contributed by atoms with Gasteiger partial charge >= 0.3 is 17.1 Å². The topological polar surface area (TPSA) is 32.7 Å². The first kappa shape index (κ1) is 24.0. The maximum atomic E-state index is 12.8. The molecule has 0 bridgehead atoms. The van der Waals surface area contributed by atoms with E-state index in [1.807, 2.05) is 106 Å². The van der Waals surface area contributed by atoms with Crippen molar-refractivity contribution in [1.82, 2.24) is 0 Å². The van der Waals surface area contributed by atoms with Crippen molar-refractivity contribution in [2.24, 2.45) is 4.99 Å². The second-order valence-electron chi connectivity index (χ2n) is 6.93. The molecule has 0 saturated heterocycles. The minimum Gasteiger partial charge on any atom is -0.310 e. The Bertz CT molecular complexity index is 882. The number of nitrogens with zero attached hydrogens (tertiary/aromatic N) is 2. The molecule has 154 valence electrons. The molecule has 1 aliphatic heterocycles. The van der Waals surface area contributed by atoms with Crippen molar-refractivity contribution < 1.29 is 21.9 Å². The molecule has 0 N–H and O–H groups in total. The second kappa shape index (κ2) is 11.9. The van der Waals surface area contributed by atoms with Gasteiger partial charge in [0.2, 0.25) is 5.91 Å². The fourth-order valence-corrected chi connectivity index (χ4v) is 3.60. The van der Waals surface area contributed by atoms with Crippen LogP contribution in [0.3, 0.4) is 0 Å². The molecule has 0 unspecified atom stereocenters. The van der Waals surface area contributed by atoms with Crippen molar-refractivity contribution >= 4 is 28.9 Å². The number of carbonyl (C=O) groups excluding carboxylic acids is 1. The Morgan fingerprint density at radius 1 is 0.871 bits per heavy atom. The fourth-order valence-electron chi connectivity index (χ4n) is 3.42. The summed E-state index contributed by atoms with van der Waals surface area (Å²) in [7, 11) is 0. The molecular formula is C26H21ClFeN2O+2. The van der Waals surface area contributed by atoms with Crippen LogP contribution in [-0.2, 0) is 21.9 Å². The van der Waals surface area contributed by atoms with Crippen LogP contribution in [0.25, 0.3) is 0 Å². The molecule has 0 atom stereocenters. The minimum atomic E-state index is -0.0179. The zero-order chi connectivity index (χ0) is 20.8. The van der Waals surface area contributed by atoms with Gasteiger partial charge in [0.1, 0.15) is 6.54 Å². The van der Waals surface area contributed by atoms with Crippen molar-refractivity contribution in [3.63, 3.8) is 0 Å². The molecule has 31 heavy (non-hydrogen) atoms. The first-order valence-corrected chi connectivity index (χ1v) is 10.2. The third kappa shape index (κ3) is 6.22. The predicted molar refractivity (Wildman–Crippen MR) is 123 cm³/mol. The van der Waals surface area contributed by atoms with Crippen molar-refractivity contribution in [3.8, 4) is 0 Å². The first-order valence-electron chi connectivity index (χ1n) is 9.80. The molecular weight excluding hydrogens is 448 g/mol. The van der Waals surface area contributed by atoms with E-state index in [-0.39, 0.29) is 29.5 Å². The third-order valence-corrected chi connectivity index (χ3v) is 5.09. The van der Waals surface area contributed by atoms with Crippen LogP contribution in [0.5, 0.6) is 0 Å². The Morgan fingerprint density at radius 2 is 1.52 bits per heavy atom. The van der Waals surface area contributed by atoms with Crippen molar-refractivity contribution in [3.05, 3.63) is 128 Å². The standard InChI is InChI=1S/C21H16ClN2O.C5H5.Fe/c22-17-10-11-19-18(12-17)21(16-8-2-1-3-9-16)23-13-20(25)24(19)14-15-6-4-5-7-15;1-2-4-5-3-1;/h1-12H,13-14H2;1-5H;/q;;+2. The van der Waals surface area contributed by atoms with E-state index in [0.29, 0.717) is 11.6 Å². The Morgan fingerprint density at radius 3 is 2.16 bits per heavy atom. The molecule has 2 saturated carbocycles. The molecule has 0 spiro atoms. The van der Waals surface area contributed by atoms with E-state index < -0.39 is 0 Å². The van der Waals surface area contributed by atoms with E-state index in [0.717, 1.165) is 28.4 Å². The van der Waals surface area contributed by atoms with Gasteiger partial charge in [-0.15, -0.1) is 0 Å². The number of fused-ring (bicyclic) bond motifs is 1. The third-order valence-electron chi connectivity index (χ3n) is 4.85. The van der Waals surface area contributed by atoms with Crippen LogP contribution in [0, 0.1) is 63.7 Å². The summed E-state index contributed by atoms with van der Waals surface area (Å²) in [6.45, 7) is 0.648. The number of hydrogen-bond donors (Lipinski definition) is 0. The van der Waals surface area contributed by atoms with E-state index in [9.17, 15) is 4.79 Å². The monoisotopic (exact) mass is 468 g/mol. The predicted octanol–water partition coefficient (Wildman–Crippen LogP) is 4.95. The number of halogens is 1. The summed E-state index contributed by atoms with van der Waals surface area (Å²) in [5.41, 5.74) is 3.51. The van der Waals surface area contributed by atoms with Crippen molar-refractivity contribution in [1.29, 1.82) is 0 Å². The molecule has 3 aliphatic rings. The first-order chi connectivity index (χ1) is 14.7. The zero-order valence-electron chi connectivity index (χ0n) is 16.8. The second-order valence-corrected chi connectivity index (χ2v) is 7.36. The van der Waals surface area contributed by atoms with Crippen LogP contribution in [0.4, 0.5) is 5.69 Å². The number of carbonyl (C=O) groups is 1. The van der Waals surface area contributed by atoms with Gasteiger partial charge in [-0.25, -0.2) is 0 Å². The van der Waals surface area contributed by atoms with Gasteiger partial charge in [-0.3, -0.25) is 9.79 Å². The quantitative estimate of drug-likeness (QED) is 0.587. The number of aliphatic imine (C=N–C) groups is 1. The van der Waals surface area contributed by atoms with Gasteiger partial charge in [0.25, 0.3) is 0 Å². The van der Waals surface area contributed by atoms with E-state index in [2.05, 4.69) is 4.99 Å². The zero-order valence-corrected chi connectivity index (χ0v) is 18.6.